The number of aryl methyl sites for hydroxylation is 2. The van der Waals surface area contributed by atoms with Gasteiger partial charge in [0.1, 0.15) is 0 Å². The molecule has 0 unspecified atom stereocenters. The van der Waals surface area contributed by atoms with E-state index in [2.05, 4.69) is 15.6 Å². The summed E-state index contributed by atoms with van der Waals surface area (Å²) in [5.74, 6) is -0.148. The fourth-order valence-electron chi connectivity index (χ4n) is 2.79. The summed E-state index contributed by atoms with van der Waals surface area (Å²) in [6.45, 7) is 4.24. The van der Waals surface area contributed by atoms with Gasteiger partial charge in [0.15, 0.2) is 0 Å². The van der Waals surface area contributed by atoms with Crippen LogP contribution in [0.1, 0.15) is 27.2 Å². The average molecular weight is 348 g/mol. The van der Waals surface area contributed by atoms with E-state index in [1.165, 1.54) is 0 Å². The SMILES string of the molecule is Cc1ccc2nc(C)cc(C(=O)NCc3ccc(NC(N)=O)cc3)c2c1. The molecule has 26 heavy (non-hydrogen) atoms. The van der Waals surface area contributed by atoms with Gasteiger partial charge >= 0.3 is 6.03 Å². The summed E-state index contributed by atoms with van der Waals surface area (Å²) in [6, 6.07) is 14.2. The van der Waals surface area contributed by atoms with Gasteiger partial charge in [0, 0.05) is 23.3 Å². The Morgan fingerprint density at radius 3 is 2.46 bits per heavy atom. The van der Waals surface area contributed by atoms with Gasteiger partial charge in [-0.1, -0.05) is 23.8 Å². The first kappa shape index (κ1) is 17.4. The van der Waals surface area contributed by atoms with Crippen LogP contribution in [0, 0.1) is 13.8 Å². The Morgan fingerprint density at radius 1 is 1.04 bits per heavy atom. The number of nitrogens with one attached hydrogen (secondary N) is 2. The van der Waals surface area contributed by atoms with Crippen molar-refractivity contribution in [1.29, 1.82) is 0 Å². The molecular formula is C20H20N4O2. The summed E-state index contributed by atoms with van der Waals surface area (Å²) in [5.41, 5.74) is 9.91. The van der Waals surface area contributed by atoms with Gasteiger partial charge in [-0.15, -0.1) is 0 Å². The fraction of sp³-hybridized carbons (Fsp3) is 0.150. The summed E-state index contributed by atoms with van der Waals surface area (Å²) in [6.07, 6.45) is 0. The van der Waals surface area contributed by atoms with E-state index in [4.69, 9.17) is 5.73 Å². The van der Waals surface area contributed by atoms with E-state index in [0.29, 0.717) is 17.8 Å². The predicted molar refractivity (Wildman–Crippen MR) is 102 cm³/mol. The van der Waals surface area contributed by atoms with Gasteiger partial charge in [-0.3, -0.25) is 9.78 Å². The van der Waals surface area contributed by atoms with Crippen molar-refractivity contribution in [3.63, 3.8) is 0 Å². The van der Waals surface area contributed by atoms with Gasteiger partial charge in [0.2, 0.25) is 0 Å². The Labute approximate surface area is 151 Å². The van der Waals surface area contributed by atoms with Crippen LogP contribution >= 0.6 is 0 Å². The van der Waals surface area contributed by atoms with Crippen molar-refractivity contribution >= 4 is 28.5 Å². The molecule has 3 rings (SSSR count). The van der Waals surface area contributed by atoms with E-state index in [1.54, 1.807) is 18.2 Å². The Kier molecular flexibility index (Phi) is 4.84. The number of anilines is 1. The number of aromatic nitrogens is 1. The van der Waals surface area contributed by atoms with E-state index in [1.807, 2.05) is 44.2 Å². The number of amides is 3. The molecule has 0 saturated carbocycles. The van der Waals surface area contributed by atoms with Gasteiger partial charge < -0.3 is 16.4 Å². The van der Waals surface area contributed by atoms with Crippen molar-refractivity contribution in [3.05, 3.63) is 70.9 Å². The van der Waals surface area contributed by atoms with Gasteiger partial charge in [0.25, 0.3) is 5.91 Å². The number of carbonyl (C=O) groups is 2. The Balaban J connectivity index is 1.77. The summed E-state index contributed by atoms with van der Waals surface area (Å²) in [4.78, 5) is 28.0. The molecule has 6 heteroatoms. The number of primary amides is 1. The number of carbonyl (C=O) groups excluding carboxylic acids is 2. The fourth-order valence-corrected chi connectivity index (χ4v) is 2.79. The zero-order chi connectivity index (χ0) is 18.7. The van der Waals surface area contributed by atoms with E-state index in [0.717, 1.165) is 27.7 Å². The zero-order valence-electron chi connectivity index (χ0n) is 14.7. The Morgan fingerprint density at radius 2 is 1.77 bits per heavy atom. The molecule has 0 radical (unpaired) electrons. The number of nitrogens with two attached hydrogens (primary N) is 1. The smallest absolute Gasteiger partial charge is 0.316 e. The average Bonchev–Trinajstić information content (AvgIpc) is 2.60. The predicted octanol–water partition coefficient (Wildman–Crippen LogP) is 3.27. The van der Waals surface area contributed by atoms with E-state index < -0.39 is 6.03 Å². The monoisotopic (exact) mass is 348 g/mol. The molecule has 132 valence electrons. The maximum absolute atomic E-state index is 12.7. The van der Waals surface area contributed by atoms with Crippen LogP contribution in [-0.2, 0) is 6.54 Å². The second-order valence-corrected chi connectivity index (χ2v) is 6.20. The second kappa shape index (κ2) is 7.23. The lowest BCUT2D eigenvalue weighted by atomic mass is 10.0. The molecule has 0 saturated heterocycles. The number of nitrogens with zero attached hydrogens (tertiary/aromatic N) is 1. The van der Waals surface area contributed by atoms with Crippen LogP contribution in [-0.4, -0.2) is 16.9 Å². The van der Waals surface area contributed by atoms with Crippen LogP contribution in [0.4, 0.5) is 10.5 Å². The molecule has 6 nitrogen and oxygen atoms in total. The highest BCUT2D eigenvalue weighted by atomic mass is 16.2. The van der Waals surface area contributed by atoms with Crippen LogP contribution in [0.25, 0.3) is 10.9 Å². The minimum Gasteiger partial charge on any atom is -0.351 e. The van der Waals surface area contributed by atoms with Crippen molar-refractivity contribution in [2.45, 2.75) is 20.4 Å². The molecule has 2 aromatic carbocycles. The minimum absolute atomic E-state index is 0.148. The lowest BCUT2D eigenvalue weighted by molar-refractivity contribution is 0.0952. The maximum atomic E-state index is 12.7. The van der Waals surface area contributed by atoms with Crippen molar-refractivity contribution in [1.82, 2.24) is 10.3 Å². The third-order valence-electron chi connectivity index (χ3n) is 4.01. The topological polar surface area (TPSA) is 97.1 Å². The summed E-state index contributed by atoms with van der Waals surface area (Å²) in [7, 11) is 0. The van der Waals surface area contributed by atoms with Crippen LogP contribution < -0.4 is 16.4 Å². The van der Waals surface area contributed by atoms with Crippen LogP contribution in [0.15, 0.2) is 48.5 Å². The highest BCUT2D eigenvalue weighted by Gasteiger charge is 2.12. The quantitative estimate of drug-likeness (QED) is 0.675. The first-order chi connectivity index (χ1) is 12.4. The largest absolute Gasteiger partial charge is 0.351 e. The van der Waals surface area contributed by atoms with Gasteiger partial charge in [-0.05, 0) is 49.7 Å². The number of fused-ring (bicyclic) bond motifs is 1. The third-order valence-corrected chi connectivity index (χ3v) is 4.01. The molecule has 0 atom stereocenters. The number of rotatable bonds is 4. The van der Waals surface area contributed by atoms with E-state index in [-0.39, 0.29) is 5.91 Å². The van der Waals surface area contributed by atoms with Crippen molar-refractivity contribution < 1.29 is 9.59 Å². The Hall–Kier alpha value is -3.41. The van der Waals surface area contributed by atoms with Crippen LogP contribution in [0.5, 0.6) is 0 Å². The number of hydrogen-bond donors (Lipinski definition) is 3. The number of hydrogen-bond acceptors (Lipinski definition) is 3. The molecule has 0 bridgehead atoms. The van der Waals surface area contributed by atoms with Crippen molar-refractivity contribution in [2.24, 2.45) is 5.73 Å². The maximum Gasteiger partial charge on any atom is 0.316 e. The molecule has 3 aromatic rings. The number of urea groups is 1. The van der Waals surface area contributed by atoms with Crippen molar-refractivity contribution in [3.8, 4) is 0 Å². The molecule has 0 aliphatic carbocycles. The molecule has 4 N–H and O–H groups in total. The summed E-state index contributed by atoms with van der Waals surface area (Å²) < 4.78 is 0. The summed E-state index contributed by atoms with van der Waals surface area (Å²) >= 11 is 0. The number of benzene rings is 2. The lowest BCUT2D eigenvalue weighted by Crippen LogP contribution is -2.23. The molecule has 1 heterocycles. The van der Waals surface area contributed by atoms with Crippen LogP contribution in [0.2, 0.25) is 0 Å². The number of pyridine rings is 1. The molecule has 0 spiro atoms. The van der Waals surface area contributed by atoms with Gasteiger partial charge in [-0.2, -0.15) is 0 Å². The second-order valence-electron chi connectivity index (χ2n) is 6.20. The first-order valence-electron chi connectivity index (χ1n) is 8.24. The third kappa shape index (κ3) is 3.97. The minimum atomic E-state index is -0.610. The van der Waals surface area contributed by atoms with Gasteiger partial charge in [0.05, 0.1) is 11.1 Å². The van der Waals surface area contributed by atoms with Gasteiger partial charge in [-0.25, -0.2) is 4.79 Å². The Bertz CT molecular complexity index is 981. The standard InChI is InChI=1S/C20H20N4O2/c1-12-3-8-18-16(9-12)17(10-13(2)23-18)19(25)22-11-14-4-6-15(7-5-14)24-20(21)26/h3-10H,11H2,1-2H3,(H,22,25)(H3,21,24,26). The molecular weight excluding hydrogens is 328 g/mol. The first-order valence-corrected chi connectivity index (χ1v) is 8.24. The molecule has 0 aliphatic rings. The molecule has 1 aromatic heterocycles. The lowest BCUT2D eigenvalue weighted by Gasteiger charge is -2.10. The van der Waals surface area contributed by atoms with Crippen LogP contribution in [0.3, 0.4) is 0 Å². The van der Waals surface area contributed by atoms with E-state index in [9.17, 15) is 9.59 Å². The molecule has 0 fully saturated rings. The summed E-state index contributed by atoms with van der Waals surface area (Å²) in [5, 5.41) is 6.28. The normalized spacial score (nSPS) is 10.5. The zero-order valence-corrected chi connectivity index (χ0v) is 14.7. The molecule has 3 amide bonds. The van der Waals surface area contributed by atoms with Crippen molar-refractivity contribution in [2.75, 3.05) is 5.32 Å². The highest BCUT2D eigenvalue weighted by Crippen LogP contribution is 2.20. The highest BCUT2D eigenvalue weighted by molar-refractivity contribution is 6.06. The van der Waals surface area contributed by atoms with E-state index >= 15 is 0 Å². The molecule has 0 aliphatic heterocycles.